The van der Waals surface area contributed by atoms with Gasteiger partial charge in [0.25, 0.3) is 5.91 Å². The SMILES string of the molecule is CC(C)c1nnc(C2CCN(C(=O)c3ccc(C(F)(F)F)cc3)CC2)o1. The molecule has 140 valence electrons. The molecule has 1 aliphatic heterocycles. The molecule has 0 saturated carbocycles. The van der Waals surface area contributed by atoms with E-state index in [1.54, 1.807) is 4.90 Å². The molecule has 0 bridgehead atoms. The van der Waals surface area contributed by atoms with E-state index in [9.17, 15) is 18.0 Å². The van der Waals surface area contributed by atoms with E-state index in [-0.39, 0.29) is 23.3 Å². The minimum absolute atomic E-state index is 0.103. The third-order valence-corrected chi connectivity index (χ3v) is 4.54. The number of amides is 1. The molecule has 1 saturated heterocycles. The van der Waals surface area contributed by atoms with E-state index < -0.39 is 11.7 Å². The van der Waals surface area contributed by atoms with E-state index in [1.165, 1.54) is 12.1 Å². The first-order valence-electron chi connectivity index (χ1n) is 8.55. The molecule has 2 heterocycles. The number of hydrogen-bond acceptors (Lipinski definition) is 4. The minimum atomic E-state index is -4.40. The first kappa shape index (κ1) is 18.4. The molecule has 5 nitrogen and oxygen atoms in total. The quantitative estimate of drug-likeness (QED) is 0.815. The number of halogens is 3. The van der Waals surface area contributed by atoms with Crippen molar-refractivity contribution >= 4 is 5.91 Å². The number of rotatable bonds is 3. The van der Waals surface area contributed by atoms with Crippen molar-refractivity contribution < 1.29 is 22.4 Å². The zero-order valence-corrected chi connectivity index (χ0v) is 14.6. The van der Waals surface area contributed by atoms with Crippen molar-refractivity contribution in [3.8, 4) is 0 Å². The van der Waals surface area contributed by atoms with Gasteiger partial charge in [-0.05, 0) is 37.1 Å². The zero-order valence-electron chi connectivity index (χ0n) is 14.6. The minimum Gasteiger partial charge on any atom is -0.425 e. The lowest BCUT2D eigenvalue weighted by Crippen LogP contribution is -2.38. The summed E-state index contributed by atoms with van der Waals surface area (Å²) in [6.07, 6.45) is -3.03. The van der Waals surface area contributed by atoms with E-state index in [2.05, 4.69) is 10.2 Å². The van der Waals surface area contributed by atoms with Gasteiger partial charge in [0, 0.05) is 30.5 Å². The number of alkyl halides is 3. The second-order valence-electron chi connectivity index (χ2n) is 6.77. The summed E-state index contributed by atoms with van der Waals surface area (Å²) in [7, 11) is 0. The molecule has 0 unspecified atom stereocenters. The van der Waals surface area contributed by atoms with Crippen LogP contribution in [0.5, 0.6) is 0 Å². The molecular formula is C18H20F3N3O2. The number of likely N-dealkylation sites (tertiary alicyclic amines) is 1. The summed E-state index contributed by atoms with van der Waals surface area (Å²) < 4.78 is 43.5. The third-order valence-electron chi connectivity index (χ3n) is 4.54. The predicted molar refractivity (Wildman–Crippen MR) is 87.7 cm³/mol. The molecule has 1 amide bonds. The van der Waals surface area contributed by atoms with Gasteiger partial charge in [0.05, 0.1) is 5.56 Å². The largest absolute Gasteiger partial charge is 0.425 e. The van der Waals surface area contributed by atoms with Gasteiger partial charge >= 0.3 is 6.18 Å². The molecule has 1 aromatic carbocycles. The topological polar surface area (TPSA) is 59.2 Å². The normalized spacial score (nSPS) is 16.3. The van der Waals surface area contributed by atoms with Crippen molar-refractivity contribution in [2.24, 2.45) is 0 Å². The van der Waals surface area contributed by atoms with Crippen LogP contribution < -0.4 is 0 Å². The molecule has 1 aromatic heterocycles. The Morgan fingerprint density at radius 2 is 1.77 bits per heavy atom. The summed E-state index contributed by atoms with van der Waals surface area (Å²) in [5, 5.41) is 8.13. The number of carbonyl (C=O) groups is 1. The highest BCUT2D eigenvalue weighted by Crippen LogP contribution is 2.31. The molecule has 0 atom stereocenters. The Labute approximate surface area is 149 Å². The third kappa shape index (κ3) is 3.89. The lowest BCUT2D eigenvalue weighted by Gasteiger charge is -2.30. The van der Waals surface area contributed by atoms with Crippen LogP contribution in [0.2, 0.25) is 0 Å². The van der Waals surface area contributed by atoms with Crippen molar-refractivity contribution in [1.82, 2.24) is 15.1 Å². The van der Waals surface area contributed by atoms with Crippen LogP contribution >= 0.6 is 0 Å². The Balaban J connectivity index is 1.61. The lowest BCUT2D eigenvalue weighted by atomic mass is 9.96. The van der Waals surface area contributed by atoms with Crippen molar-refractivity contribution in [2.45, 2.75) is 44.7 Å². The first-order valence-corrected chi connectivity index (χ1v) is 8.55. The molecule has 1 aliphatic rings. The number of aromatic nitrogens is 2. The van der Waals surface area contributed by atoms with Crippen LogP contribution in [0.15, 0.2) is 28.7 Å². The molecule has 0 aliphatic carbocycles. The Kier molecular flexibility index (Phi) is 5.02. The average Bonchev–Trinajstić information content (AvgIpc) is 3.11. The summed E-state index contributed by atoms with van der Waals surface area (Å²) in [5.74, 6) is 1.20. The van der Waals surface area contributed by atoms with Gasteiger partial charge in [-0.25, -0.2) is 0 Å². The van der Waals surface area contributed by atoms with Gasteiger partial charge in [-0.2, -0.15) is 13.2 Å². The summed E-state index contributed by atoms with van der Waals surface area (Å²) >= 11 is 0. The number of piperidine rings is 1. The van der Waals surface area contributed by atoms with Gasteiger partial charge in [-0.1, -0.05) is 13.8 Å². The summed E-state index contributed by atoms with van der Waals surface area (Å²) in [6.45, 7) is 4.96. The molecule has 3 rings (SSSR count). The van der Waals surface area contributed by atoms with Crippen molar-refractivity contribution in [3.63, 3.8) is 0 Å². The molecule has 2 aromatic rings. The van der Waals surface area contributed by atoms with Gasteiger partial charge in [0.1, 0.15) is 0 Å². The zero-order chi connectivity index (χ0) is 18.9. The van der Waals surface area contributed by atoms with Crippen LogP contribution in [0.25, 0.3) is 0 Å². The van der Waals surface area contributed by atoms with Crippen LogP contribution in [0.4, 0.5) is 13.2 Å². The molecule has 0 radical (unpaired) electrons. The monoisotopic (exact) mass is 367 g/mol. The fourth-order valence-corrected chi connectivity index (χ4v) is 2.96. The molecule has 0 spiro atoms. The van der Waals surface area contributed by atoms with Crippen LogP contribution in [-0.2, 0) is 6.18 Å². The Morgan fingerprint density at radius 3 is 2.27 bits per heavy atom. The summed E-state index contributed by atoms with van der Waals surface area (Å²) in [5.41, 5.74) is -0.499. The van der Waals surface area contributed by atoms with E-state index in [0.717, 1.165) is 12.1 Å². The second-order valence-corrected chi connectivity index (χ2v) is 6.77. The maximum absolute atomic E-state index is 12.6. The van der Waals surface area contributed by atoms with Crippen LogP contribution in [0.1, 0.15) is 66.2 Å². The number of nitrogens with zero attached hydrogens (tertiary/aromatic N) is 3. The highest BCUT2D eigenvalue weighted by Gasteiger charge is 2.31. The Hall–Kier alpha value is -2.38. The fraction of sp³-hybridized carbons (Fsp3) is 0.500. The number of hydrogen-bond donors (Lipinski definition) is 0. The van der Waals surface area contributed by atoms with Crippen molar-refractivity contribution in [2.75, 3.05) is 13.1 Å². The van der Waals surface area contributed by atoms with E-state index in [0.29, 0.717) is 37.7 Å². The molecule has 1 fully saturated rings. The van der Waals surface area contributed by atoms with Crippen molar-refractivity contribution in [3.05, 3.63) is 47.2 Å². The summed E-state index contributed by atoms with van der Waals surface area (Å²) in [6, 6.07) is 4.33. The van der Waals surface area contributed by atoms with Gasteiger partial charge in [-0.3, -0.25) is 4.79 Å². The van der Waals surface area contributed by atoms with E-state index >= 15 is 0 Å². The maximum Gasteiger partial charge on any atom is 0.416 e. The van der Waals surface area contributed by atoms with Crippen LogP contribution in [0.3, 0.4) is 0 Å². The highest BCUT2D eigenvalue weighted by molar-refractivity contribution is 5.94. The summed E-state index contributed by atoms with van der Waals surface area (Å²) in [4.78, 5) is 14.1. The van der Waals surface area contributed by atoms with Gasteiger partial charge in [0.15, 0.2) is 0 Å². The van der Waals surface area contributed by atoms with Crippen LogP contribution in [0, 0.1) is 0 Å². The molecule has 0 N–H and O–H groups in total. The number of benzene rings is 1. The second kappa shape index (κ2) is 7.09. The van der Waals surface area contributed by atoms with Gasteiger partial charge < -0.3 is 9.32 Å². The van der Waals surface area contributed by atoms with Crippen LogP contribution in [-0.4, -0.2) is 34.1 Å². The van der Waals surface area contributed by atoms with Gasteiger partial charge in [0.2, 0.25) is 11.8 Å². The Morgan fingerprint density at radius 1 is 1.15 bits per heavy atom. The van der Waals surface area contributed by atoms with Gasteiger partial charge in [-0.15, -0.1) is 10.2 Å². The standard InChI is InChI=1S/C18H20F3N3O2/c1-11(2)15-22-23-16(26-15)12-7-9-24(10-8-12)17(25)13-3-5-14(6-4-13)18(19,20)21/h3-6,11-12H,7-10H2,1-2H3. The lowest BCUT2D eigenvalue weighted by molar-refractivity contribution is -0.137. The van der Waals surface area contributed by atoms with Crippen molar-refractivity contribution in [1.29, 1.82) is 0 Å². The smallest absolute Gasteiger partial charge is 0.416 e. The highest BCUT2D eigenvalue weighted by atomic mass is 19.4. The molecule has 26 heavy (non-hydrogen) atoms. The molecule has 8 heteroatoms. The fourth-order valence-electron chi connectivity index (χ4n) is 2.96. The van der Waals surface area contributed by atoms with E-state index in [4.69, 9.17) is 4.42 Å². The number of carbonyl (C=O) groups excluding carboxylic acids is 1. The average molecular weight is 367 g/mol. The molecular weight excluding hydrogens is 347 g/mol. The van der Waals surface area contributed by atoms with E-state index in [1.807, 2.05) is 13.8 Å². The Bertz CT molecular complexity index is 761. The first-order chi connectivity index (χ1) is 12.3. The maximum atomic E-state index is 12.6. The predicted octanol–water partition coefficient (Wildman–Crippen LogP) is 4.23.